The molecule has 24 heavy (non-hydrogen) atoms. The Morgan fingerprint density at radius 3 is 2.62 bits per heavy atom. The lowest BCUT2D eigenvalue weighted by atomic mass is 9.65. The average molecular weight is 332 g/mol. The lowest BCUT2D eigenvalue weighted by Gasteiger charge is -2.39. The first-order valence-corrected chi connectivity index (χ1v) is 8.33. The quantitative estimate of drug-likeness (QED) is 0.481. The Balaban J connectivity index is 1.60. The smallest absolute Gasteiger partial charge is 0.339 e. The van der Waals surface area contributed by atoms with Gasteiger partial charge in [-0.3, -0.25) is 4.79 Å². The molecule has 2 heterocycles. The molecular weight excluding hydrogens is 308 g/mol. The van der Waals surface area contributed by atoms with E-state index in [2.05, 4.69) is 20.8 Å². The summed E-state index contributed by atoms with van der Waals surface area (Å²) < 4.78 is 5.73. The van der Waals surface area contributed by atoms with Gasteiger partial charge in [-0.05, 0) is 30.1 Å². The molecule has 1 amide bonds. The highest BCUT2D eigenvalue weighted by Crippen LogP contribution is 2.52. The summed E-state index contributed by atoms with van der Waals surface area (Å²) in [7, 11) is 0. The van der Waals surface area contributed by atoms with Gasteiger partial charge in [-0.15, -0.1) is 0 Å². The lowest BCUT2D eigenvalue weighted by molar-refractivity contribution is -0.605. The molecule has 1 aromatic rings. The van der Waals surface area contributed by atoms with Gasteiger partial charge in [-0.1, -0.05) is 20.8 Å². The van der Waals surface area contributed by atoms with Crippen molar-refractivity contribution in [1.29, 1.82) is 0 Å². The zero-order valence-electron chi connectivity index (χ0n) is 14.4. The van der Waals surface area contributed by atoms with Gasteiger partial charge in [0.15, 0.2) is 19.0 Å². The first-order valence-electron chi connectivity index (χ1n) is 8.33. The summed E-state index contributed by atoms with van der Waals surface area (Å²) >= 11 is 0. The number of amides is 1. The van der Waals surface area contributed by atoms with Crippen molar-refractivity contribution in [1.82, 2.24) is 4.90 Å². The van der Waals surface area contributed by atoms with Gasteiger partial charge >= 0.3 is 5.97 Å². The van der Waals surface area contributed by atoms with Crippen LogP contribution in [0.15, 0.2) is 24.5 Å². The molecule has 3 rings (SSSR count). The summed E-state index contributed by atoms with van der Waals surface area (Å²) in [5.41, 5.74) is 0.664. The zero-order valence-corrected chi connectivity index (χ0v) is 14.4. The molecule has 1 saturated carbocycles. The van der Waals surface area contributed by atoms with Crippen molar-refractivity contribution in [3.05, 3.63) is 35.3 Å². The minimum Gasteiger partial charge on any atom is -0.619 e. The molecule has 2 fully saturated rings. The predicted octanol–water partition coefficient (Wildman–Crippen LogP) is 1.90. The summed E-state index contributed by atoms with van der Waals surface area (Å²) in [6.45, 7) is 7.23. The number of carbonyl (C=O) groups is 2. The third kappa shape index (κ3) is 3.37. The van der Waals surface area contributed by atoms with E-state index in [1.54, 1.807) is 0 Å². The summed E-state index contributed by atoms with van der Waals surface area (Å²) in [6.07, 6.45) is 5.58. The summed E-state index contributed by atoms with van der Waals surface area (Å²) in [5, 5.41) is 11.0. The number of nitrogens with zero attached hydrogens (tertiary/aromatic N) is 2. The largest absolute Gasteiger partial charge is 0.619 e. The highest BCUT2D eigenvalue weighted by Gasteiger charge is 2.50. The van der Waals surface area contributed by atoms with Gasteiger partial charge in [0.05, 0.1) is 5.56 Å². The maximum Gasteiger partial charge on any atom is 0.339 e. The van der Waals surface area contributed by atoms with Gasteiger partial charge in [0.2, 0.25) is 0 Å². The minimum absolute atomic E-state index is 0.135. The lowest BCUT2D eigenvalue weighted by Crippen LogP contribution is -2.39. The van der Waals surface area contributed by atoms with Crippen molar-refractivity contribution in [2.75, 3.05) is 13.2 Å². The number of likely N-dealkylation sites (tertiary alicyclic amines) is 1. The second-order valence-electron chi connectivity index (χ2n) is 8.26. The van der Waals surface area contributed by atoms with Crippen molar-refractivity contribution in [3.8, 4) is 0 Å². The van der Waals surface area contributed by atoms with E-state index >= 15 is 0 Å². The van der Waals surface area contributed by atoms with Crippen molar-refractivity contribution in [2.24, 2.45) is 10.8 Å². The first-order chi connectivity index (χ1) is 11.2. The fraction of sp³-hybridized carbons (Fsp3) is 0.611. The van der Waals surface area contributed by atoms with Crippen molar-refractivity contribution >= 4 is 11.9 Å². The van der Waals surface area contributed by atoms with Crippen LogP contribution in [-0.2, 0) is 9.53 Å². The molecule has 0 aromatic carbocycles. The maximum absolute atomic E-state index is 12.5. The normalized spacial score (nSPS) is 27.8. The molecule has 0 radical (unpaired) electrons. The molecule has 2 atom stereocenters. The number of hydrogen-bond donors (Lipinski definition) is 0. The summed E-state index contributed by atoms with van der Waals surface area (Å²) in [4.78, 5) is 26.4. The number of carbonyl (C=O) groups excluding carboxylic acids is 2. The summed E-state index contributed by atoms with van der Waals surface area (Å²) in [5.74, 6) is -0.720. The monoisotopic (exact) mass is 332 g/mol. The average Bonchev–Trinajstić information content (AvgIpc) is 2.74. The number of rotatable bonds is 3. The van der Waals surface area contributed by atoms with E-state index in [1.807, 2.05) is 4.90 Å². The highest BCUT2D eigenvalue weighted by atomic mass is 16.5. The van der Waals surface area contributed by atoms with Gasteiger partial charge in [0.25, 0.3) is 5.91 Å². The Labute approximate surface area is 142 Å². The van der Waals surface area contributed by atoms with Crippen molar-refractivity contribution in [3.63, 3.8) is 0 Å². The van der Waals surface area contributed by atoms with Crippen LogP contribution in [0, 0.1) is 16.0 Å². The first kappa shape index (κ1) is 16.7. The molecule has 6 heteroatoms. The van der Waals surface area contributed by atoms with Crippen LogP contribution in [0.5, 0.6) is 0 Å². The molecule has 0 spiro atoms. The molecule has 1 saturated heterocycles. The number of pyridine rings is 1. The fourth-order valence-corrected chi connectivity index (χ4v) is 4.59. The van der Waals surface area contributed by atoms with Crippen molar-refractivity contribution < 1.29 is 19.1 Å². The van der Waals surface area contributed by atoms with Crippen LogP contribution in [0.2, 0.25) is 0 Å². The molecule has 6 nitrogen and oxygen atoms in total. The van der Waals surface area contributed by atoms with E-state index in [4.69, 9.17) is 4.74 Å². The molecule has 2 bridgehead atoms. The van der Waals surface area contributed by atoms with E-state index in [0.717, 1.165) is 25.8 Å². The van der Waals surface area contributed by atoms with E-state index in [1.165, 1.54) is 24.5 Å². The standard InChI is InChI=1S/C18H24N2O4/c1-17(2)8-14-9-18(3,11-17)12-20(14)15(21)10-24-16(22)13-4-6-19(23)7-5-13/h4-7,14H,8-12H2,1-3H3/t14-,18-/m0/s1. The Morgan fingerprint density at radius 2 is 1.96 bits per heavy atom. The van der Waals surface area contributed by atoms with E-state index in [-0.39, 0.29) is 34.9 Å². The molecule has 2 aliphatic rings. The number of fused-ring (bicyclic) bond motifs is 2. The molecule has 130 valence electrons. The van der Waals surface area contributed by atoms with Gasteiger partial charge in [-0.2, -0.15) is 4.73 Å². The Bertz CT molecular complexity index is 655. The summed E-state index contributed by atoms with van der Waals surface area (Å²) in [6, 6.07) is 3.00. The van der Waals surface area contributed by atoms with Gasteiger partial charge in [0.1, 0.15) is 0 Å². The fourth-order valence-electron chi connectivity index (χ4n) is 4.59. The maximum atomic E-state index is 12.5. The Kier molecular flexibility index (Phi) is 4.01. The predicted molar refractivity (Wildman–Crippen MR) is 86.9 cm³/mol. The Hall–Kier alpha value is -2.11. The molecule has 1 aliphatic heterocycles. The van der Waals surface area contributed by atoms with Crippen LogP contribution < -0.4 is 4.73 Å². The minimum atomic E-state index is -0.585. The van der Waals surface area contributed by atoms with Crippen LogP contribution in [0.3, 0.4) is 0 Å². The second-order valence-corrected chi connectivity index (χ2v) is 8.26. The van der Waals surface area contributed by atoms with Gasteiger partial charge in [0, 0.05) is 24.7 Å². The number of hydrogen-bond acceptors (Lipinski definition) is 4. The van der Waals surface area contributed by atoms with Crippen molar-refractivity contribution in [2.45, 2.75) is 46.1 Å². The molecule has 1 aromatic heterocycles. The van der Waals surface area contributed by atoms with Gasteiger partial charge in [-0.25, -0.2) is 4.79 Å². The number of esters is 1. The van der Waals surface area contributed by atoms with Crippen LogP contribution in [0.1, 0.15) is 50.4 Å². The number of ether oxygens (including phenoxy) is 1. The van der Waals surface area contributed by atoms with Crippen LogP contribution in [0.4, 0.5) is 0 Å². The van der Waals surface area contributed by atoms with E-state index in [0.29, 0.717) is 4.73 Å². The van der Waals surface area contributed by atoms with E-state index in [9.17, 15) is 14.8 Å². The van der Waals surface area contributed by atoms with Crippen LogP contribution >= 0.6 is 0 Å². The van der Waals surface area contributed by atoms with E-state index < -0.39 is 5.97 Å². The third-order valence-corrected chi connectivity index (χ3v) is 5.10. The SMILES string of the molecule is CC1(C)C[C@H]2C[C@](C)(CN2C(=O)COC(=O)c2cc[n+]([O-])cc2)C1. The second kappa shape index (κ2) is 5.76. The number of aromatic nitrogens is 1. The molecule has 0 N–H and O–H groups in total. The molecular formula is C18H24N2O4. The molecule has 0 unspecified atom stereocenters. The molecule has 1 aliphatic carbocycles. The zero-order chi connectivity index (χ0) is 17.5. The van der Waals surface area contributed by atoms with Crippen LogP contribution in [0.25, 0.3) is 0 Å². The highest BCUT2D eigenvalue weighted by molar-refractivity contribution is 5.91. The van der Waals surface area contributed by atoms with Crippen LogP contribution in [-0.4, -0.2) is 36.0 Å². The topological polar surface area (TPSA) is 73.5 Å². The van der Waals surface area contributed by atoms with Gasteiger partial charge < -0.3 is 14.8 Å². The Morgan fingerprint density at radius 1 is 1.29 bits per heavy atom. The third-order valence-electron chi connectivity index (χ3n) is 5.10.